The maximum Gasteiger partial charge on any atom is 0.265 e. The molecule has 26 heavy (non-hydrogen) atoms. The van der Waals surface area contributed by atoms with Crippen molar-refractivity contribution < 1.29 is 8.42 Å². The van der Waals surface area contributed by atoms with Gasteiger partial charge < -0.3 is 0 Å². The number of hydrogen-bond acceptors (Lipinski definition) is 6. The Bertz CT molecular complexity index is 1190. The number of rotatable bonds is 5. The van der Waals surface area contributed by atoms with Crippen molar-refractivity contribution in [2.24, 2.45) is 0 Å². The number of nitrogens with zero attached hydrogens (tertiary/aromatic N) is 4. The van der Waals surface area contributed by atoms with E-state index in [4.69, 9.17) is 11.6 Å². The highest BCUT2D eigenvalue weighted by atomic mass is 35.5. The second-order valence-corrected chi connectivity index (χ2v) is 8.07. The van der Waals surface area contributed by atoms with Crippen molar-refractivity contribution in [3.05, 3.63) is 65.3 Å². The fraction of sp³-hybridized carbons (Fsp3) is 0.0625. The molecule has 2 aromatic carbocycles. The van der Waals surface area contributed by atoms with Crippen LogP contribution in [0.1, 0.15) is 5.56 Å². The van der Waals surface area contributed by atoms with Crippen LogP contribution in [0.15, 0.2) is 59.6 Å². The van der Waals surface area contributed by atoms with E-state index in [2.05, 4.69) is 18.6 Å². The van der Waals surface area contributed by atoms with Gasteiger partial charge in [0.05, 0.1) is 18.3 Å². The number of hydrogen-bond donors (Lipinski definition) is 1. The molecule has 0 fully saturated rings. The molecule has 0 aliphatic carbocycles. The normalized spacial score (nSPS) is 11.7. The van der Waals surface area contributed by atoms with Gasteiger partial charge in [0.25, 0.3) is 10.0 Å². The average Bonchev–Trinajstić information content (AvgIpc) is 3.25. The lowest BCUT2D eigenvalue weighted by molar-refractivity contribution is 0.601. The lowest BCUT2D eigenvalue weighted by Gasteiger charge is -2.06. The molecular weight excluding hydrogens is 394 g/mol. The summed E-state index contributed by atoms with van der Waals surface area (Å²) in [5, 5.41) is 4.89. The highest BCUT2D eigenvalue weighted by molar-refractivity contribution is 7.93. The van der Waals surface area contributed by atoms with Crippen molar-refractivity contribution >= 4 is 50.2 Å². The van der Waals surface area contributed by atoms with Crippen LogP contribution in [0, 0.1) is 0 Å². The zero-order valence-electron chi connectivity index (χ0n) is 13.2. The van der Waals surface area contributed by atoms with E-state index < -0.39 is 10.0 Å². The third-order valence-electron chi connectivity index (χ3n) is 3.71. The van der Waals surface area contributed by atoms with Gasteiger partial charge in [-0.1, -0.05) is 35.9 Å². The number of benzene rings is 2. The number of halogens is 1. The van der Waals surface area contributed by atoms with Gasteiger partial charge in [-0.05, 0) is 23.8 Å². The van der Waals surface area contributed by atoms with Crippen molar-refractivity contribution in [3.63, 3.8) is 0 Å². The third-order valence-corrected chi connectivity index (χ3v) is 6.01. The first-order valence-electron chi connectivity index (χ1n) is 7.54. The summed E-state index contributed by atoms with van der Waals surface area (Å²) in [6.45, 7) is 0.437. The SMILES string of the molecule is O=S(=O)(Nc1ccn(Cc2ccccc2Cl)n1)c1cccc2nsnc12. The standard InChI is InChI=1S/C16H12ClN5O2S2/c17-12-5-2-1-4-11(12)10-22-9-8-15(18-22)21-26(23,24)14-7-3-6-13-16(14)20-25-19-13/h1-9H,10H2,(H,18,21). The molecule has 2 aromatic heterocycles. The Kier molecular flexibility index (Phi) is 4.35. The van der Waals surface area contributed by atoms with Gasteiger partial charge in [-0.15, -0.1) is 0 Å². The summed E-state index contributed by atoms with van der Waals surface area (Å²) in [6, 6.07) is 13.9. The lowest BCUT2D eigenvalue weighted by atomic mass is 10.2. The molecule has 0 radical (unpaired) electrons. The van der Waals surface area contributed by atoms with E-state index in [0.717, 1.165) is 17.3 Å². The molecule has 0 aliphatic heterocycles. The van der Waals surface area contributed by atoms with Gasteiger partial charge in [-0.3, -0.25) is 9.40 Å². The second-order valence-electron chi connectivity index (χ2n) is 5.48. The third kappa shape index (κ3) is 3.28. The van der Waals surface area contributed by atoms with Crippen LogP contribution in [-0.4, -0.2) is 26.9 Å². The summed E-state index contributed by atoms with van der Waals surface area (Å²) in [5.74, 6) is 0.220. The minimum atomic E-state index is -3.83. The predicted octanol–water partition coefficient (Wildman–Crippen LogP) is 3.39. The molecule has 132 valence electrons. The van der Waals surface area contributed by atoms with Gasteiger partial charge in [0.1, 0.15) is 15.9 Å². The van der Waals surface area contributed by atoms with Crippen LogP contribution in [0.25, 0.3) is 11.0 Å². The van der Waals surface area contributed by atoms with Crippen molar-refractivity contribution in [2.45, 2.75) is 11.4 Å². The summed E-state index contributed by atoms with van der Waals surface area (Å²) in [6.07, 6.45) is 1.69. The van der Waals surface area contributed by atoms with E-state index in [9.17, 15) is 8.42 Å². The quantitative estimate of drug-likeness (QED) is 0.549. The lowest BCUT2D eigenvalue weighted by Crippen LogP contribution is -2.14. The van der Waals surface area contributed by atoms with Crippen LogP contribution in [0.3, 0.4) is 0 Å². The van der Waals surface area contributed by atoms with Crippen molar-refractivity contribution in [2.75, 3.05) is 4.72 Å². The van der Waals surface area contributed by atoms with Gasteiger partial charge in [0.2, 0.25) is 0 Å². The van der Waals surface area contributed by atoms with E-state index in [0.29, 0.717) is 22.6 Å². The van der Waals surface area contributed by atoms with Gasteiger partial charge in [-0.25, -0.2) is 8.42 Å². The first-order chi connectivity index (χ1) is 12.5. The molecule has 0 saturated carbocycles. The maximum atomic E-state index is 12.7. The van der Waals surface area contributed by atoms with Gasteiger partial charge >= 0.3 is 0 Å². The molecule has 0 amide bonds. The van der Waals surface area contributed by atoms with E-state index in [-0.39, 0.29) is 10.7 Å². The number of aromatic nitrogens is 4. The van der Waals surface area contributed by atoms with Gasteiger partial charge in [0.15, 0.2) is 5.82 Å². The maximum absolute atomic E-state index is 12.7. The van der Waals surface area contributed by atoms with E-state index in [1.54, 1.807) is 35.1 Å². The summed E-state index contributed by atoms with van der Waals surface area (Å²) < 4.78 is 37.6. The Morgan fingerprint density at radius 2 is 1.92 bits per heavy atom. The molecule has 0 unspecified atom stereocenters. The van der Waals surface area contributed by atoms with Crippen molar-refractivity contribution in [3.8, 4) is 0 Å². The number of anilines is 1. The van der Waals surface area contributed by atoms with Crippen molar-refractivity contribution in [1.29, 1.82) is 0 Å². The van der Waals surface area contributed by atoms with Crippen molar-refractivity contribution in [1.82, 2.24) is 18.5 Å². The largest absolute Gasteiger partial charge is 0.266 e. The molecule has 0 spiro atoms. The first-order valence-corrected chi connectivity index (χ1v) is 10.1. The fourth-order valence-electron chi connectivity index (χ4n) is 2.50. The fourth-order valence-corrected chi connectivity index (χ4v) is 4.46. The van der Waals surface area contributed by atoms with Crippen LogP contribution in [0.5, 0.6) is 0 Å². The molecule has 0 aliphatic rings. The zero-order valence-corrected chi connectivity index (χ0v) is 15.6. The smallest absolute Gasteiger partial charge is 0.265 e. The topological polar surface area (TPSA) is 89.8 Å². The highest BCUT2D eigenvalue weighted by Crippen LogP contribution is 2.23. The minimum absolute atomic E-state index is 0.0735. The van der Waals surface area contributed by atoms with Crippen LogP contribution >= 0.6 is 23.3 Å². The summed E-state index contributed by atoms with van der Waals surface area (Å²) in [7, 11) is -3.83. The van der Waals surface area contributed by atoms with Crippen LogP contribution in [0.4, 0.5) is 5.82 Å². The first kappa shape index (κ1) is 17.0. The Morgan fingerprint density at radius 1 is 1.08 bits per heavy atom. The molecule has 4 rings (SSSR count). The molecular formula is C16H12ClN5O2S2. The summed E-state index contributed by atoms with van der Waals surface area (Å²) in [5.41, 5.74) is 1.78. The number of fused-ring (bicyclic) bond motifs is 1. The van der Waals surface area contributed by atoms with Crippen LogP contribution in [-0.2, 0) is 16.6 Å². The zero-order chi connectivity index (χ0) is 18.1. The molecule has 7 nitrogen and oxygen atoms in total. The van der Waals surface area contributed by atoms with E-state index in [1.807, 2.05) is 18.2 Å². The molecule has 1 N–H and O–H groups in total. The second kappa shape index (κ2) is 6.67. The van der Waals surface area contributed by atoms with Crippen LogP contribution < -0.4 is 4.72 Å². The Hall–Kier alpha value is -2.49. The Morgan fingerprint density at radius 3 is 2.77 bits per heavy atom. The molecule has 0 bridgehead atoms. The summed E-state index contributed by atoms with van der Waals surface area (Å²) in [4.78, 5) is 0.0735. The predicted molar refractivity (Wildman–Crippen MR) is 101 cm³/mol. The Labute approximate surface area is 158 Å². The molecule has 0 saturated heterocycles. The van der Waals surface area contributed by atoms with Crippen LogP contribution in [0.2, 0.25) is 5.02 Å². The monoisotopic (exact) mass is 405 g/mol. The summed E-state index contributed by atoms with van der Waals surface area (Å²) >= 11 is 7.12. The van der Waals surface area contributed by atoms with Gasteiger partial charge in [0, 0.05) is 17.3 Å². The molecule has 10 heteroatoms. The van der Waals surface area contributed by atoms with E-state index in [1.165, 1.54) is 6.07 Å². The minimum Gasteiger partial charge on any atom is -0.266 e. The number of nitrogens with one attached hydrogen (secondary N) is 1. The molecule has 4 aromatic rings. The molecule has 2 heterocycles. The molecule has 0 atom stereocenters. The highest BCUT2D eigenvalue weighted by Gasteiger charge is 2.20. The number of sulfonamides is 1. The van der Waals surface area contributed by atoms with E-state index >= 15 is 0 Å². The average molecular weight is 406 g/mol. The Balaban J connectivity index is 1.59. The van der Waals surface area contributed by atoms with Gasteiger partial charge in [-0.2, -0.15) is 13.8 Å².